The van der Waals surface area contributed by atoms with Crippen LogP contribution in [0.4, 0.5) is 0 Å². The van der Waals surface area contributed by atoms with Gasteiger partial charge in [-0.2, -0.15) is 0 Å². The van der Waals surface area contributed by atoms with Crippen molar-refractivity contribution in [3.05, 3.63) is 59.2 Å². The van der Waals surface area contributed by atoms with Gasteiger partial charge in [0.25, 0.3) is 5.91 Å². The minimum Gasteiger partial charge on any atom is -0.497 e. The molecule has 0 aliphatic rings. The van der Waals surface area contributed by atoms with Crippen LogP contribution in [0, 0.1) is 13.8 Å². The van der Waals surface area contributed by atoms with Crippen molar-refractivity contribution in [2.45, 2.75) is 46.7 Å². The van der Waals surface area contributed by atoms with E-state index in [-0.39, 0.29) is 18.4 Å². The third-order valence-electron chi connectivity index (χ3n) is 4.91. The second-order valence-corrected chi connectivity index (χ2v) is 7.39. The van der Waals surface area contributed by atoms with Crippen LogP contribution in [0.3, 0.4) is 0 Å². The topological polar surface area (TPSA) is 67.9 Å². The van der Waals surface area contributed by atoms with Gasteiger partial charge in [-0.15, -0.1) is 0 Å². The number of carbonyl (C=O) groups excluding carboxylic acids is 2. The van der Waals surface area contributed by atoms with E-state index in [0.29, 0.717) is 18.8 Å². The molecule has 2 rings (SSSR count). The number of rotatable bonds is 10. The first-order valence-electron chi connectivity index (χ1n) is 10.3. The summed E-state index contributed by atoms with van der Waals surface area (Å²) < 4.78 is 11.0. The van der Waals surface area contributed by atoms with Crippen LogP contribution < -0.4 is 14.8 Å². The molecule has 0 heterocycles. The second-order valence-electron chi connectivity index (χ2n) is 7.39. The van der Waals surface area contributed by atoms with Gasteiger partial charge in [-0.25, -0.2) is 0 Å². The fourth-order valence-corrected chi connectivity index (χ4v) is 3.09. The number of amides is 2. The molecule has 6 heteroatoms. The molecule has 0 saturated carbocycles. The van der Waals surface area contributed by atoms with Gasteiger partial charge in [-0.3, -0.25) is 9.59 Å². The Morgan fingerprint density at radius 2 is 1.80 bits per heavy atom. The molecule has 1 N–H and O–H groups in total. The lowest BCUT2D eigenvalue weighted by atomic mass is 10.1. The van der Waals surface area contributed by atoms with E-state index in [4.69, 9.17) is 9.47 Å². The van der Waals surface area contributed by atoms with Gasteiger partial charge in [0.05, 0.1) is 7.11 Å². The Balaban J connectivity index is 2.15. The lowest BCUT2D eigenvalue weighted by molar-refractivity contribution is -0.142. The zero-order chi connectivity index (χ0) is 22.1. The average molecular weight is 413 g/mol. The molecular formula is C24H32N2O4. The van der Waals surface area contributed by atoms with Crippen molar-refractivity contribution >= 4 is 11.8 Å². The molecule has 0 bridgehead atoms. The van der Waals surface area contributed by atoms with Crippen molar-refractivity contribution in [1.82, 2.24) is 10.2 Å². The Morgan fingerprint density at radius 3 is 2.40 bits per heavy atom. The molecule has 30 heavy (non-hydrogen) atoms. The number of methoxy groups -OCH3 is 1. The summed E-state index contributed by atoms with van der Waals surface area (Å²) in [6, 6.07) is 12.7. The second kappa shape index (κ2) is 11.2. The van der Waals surface area contributed by atoms with Crippen molar-refractivity contribution in [1.29, 1.82) is 0 Å². The Morgan fingerprint density at radius 1 is 1.10 bits per heavy atom. The number of nitrogens with zero attached hydrogens (tertiary/aromatic N) is 1. The number of benzene rings is 2. The molecule has 2 aromatic carbocycles. The number of ether oxygens (including phenoxy) is 2. The monoisotopic (exact) mass is 412 g/mol. The fraction of sp³-hybridized carbons (Fsp3) is 0.417. The smallest absolute Gasteiger partial charge is 0.261 e. The van der Waals surface area contributed by atoms with Gasteiger partial charge >= 0.3 is 0 Å². The van der Waals surface area contributed by atoms with E-state index in [1.807, 2.05) is 63.2 Å². The van der Waals surface area contributed by atoms with Crippen molar-refractivity contribution in [2.75, 3.05) is 20.3 Å². The Labute approximate surface area is 179 Å². The van der Waals surface area contributed by atoms with Crippen LogP contribution in [0.25, 0.3) is 0 Å². The fourth-order valence-electron chi connectivity index (χ4n) is 3.09. The summed E-state index contributed by atoms with van der Waals surface area (Å²) in [6.07, 6.45) is 0.834. The van der Waals surface area contributed by atoms with E-state index in [1.165, 1.54) is 0 Å². The molecule has 162 valence electrons. The van der Waals surface area contributed by atoms with Crippen molar-refractivity contribution in [2.24, 2.45) is 0 Å². The molecular weight excluding hydrogens is 380 g/mol. The lowest BCUT2D eigenvalue weighted by Gasteiger charge is -2.29. The van der Waals surface area contributed by atoms with E-state index >= 15 is 0 Å². The van der Waals surface area contributed by atoms with E-state index in [2.05, 4.69) is 5.32 Å². The molecule has 0 spiro atoms. The summed E-state index contributed by atoms with van der Waals surface area (Å²) in [5.74, 6) is 0.986. The van der Waals surface area contributed by atoms with Gasteiger partial charge in [-0.05, 0) is 56.5 Å². The maximum Gasteiger partial charge on any atom is 0.261 e. The summed E-state index contributed by atoms with van der Waals surface area (Å²) in [5.41, 5.74) is 3.01. The van der Waals surface area contributed by atoms with Crippen molar-refractivity contribution < 1.29 is 19.1 Å². The van der Waals surface area contributed by atoms with E-state index in [1.54, 1.807) is 18.9 Å². The standard InChI is InChI=1S/C24H32N2O4/c1-6-13-25-24(28)19(4)26(15-20-8-10-21(29-5)11-9-20)23(27)16-30-22-12-7-17(2)14-18(22)3/h7-12,14,19H,6,13,15-16H2,1-5H3,(H,25,28)/t19-/m0/s1. The third kappa shape index (κ3) is 6.51. The normalized spacial score (nSPS) is 11.5. The van der Waals surface area contributed by atoms with Gasteiger partial charge in [0.1, 0.15) is 17.5 Å². The minimum absolute atomic E-state index is 0.133. The molecule has 6 nitrogen and oxygen atoms in total. The number of carbonyl (C=O) groups is 2. The van der Waals surface area contributed by atoms with Crippen LogP contribution >= 0.6 is 0 Å². The SMILES string of the molecule is CCCNC(=O)[C@H](C)N(Cc1ccc(OC)cc1)C(=O)COc1ccc(C)cc1C. The summed E-state index contributed by atoms with van der Waals surface area (Å²) in [5, 5.41) is 2.87. The predicted octanol–water partition coefficient (Wildman–Crippen LogP) is 3.63. The van der Waals surface area contributed by atoms with Gasteiger partial charge in [0.2, 0.25) is 5.91 Å². The number of hydrogen-bond acceptors (Lipinski definition) is 4. The maximum absolute atomic E-state index is 13.0. The Bertz CT molecular complexity index is 849. The van der Waals surface area contributed by atoms with Crippen LogP contribution in [-0.4, -0.2) is 43.0 Å². The Hall–Kier alpha value is -3.02. The number of nitrogens with one attached hydrogen (secondary N) is 1. The zero-order valence-corrected chi connectivity index (χ0v) is 18.5. The van der Waals surface area contributed by atoms with Crippen molar-refractivity contribution in [3.8, 4) is 11.5 Å². The molecule has 0 unspecified atom stereocenters. The van der Waals surface area contributed by atoms with Crippen LogP contribution in [-0.2, 0) is 16.1 Å². The van der Waals surface area contributed by atoms with Crippen LogP contribution in [0.1, 0.15) is 37.0 Å². The molecule has 2 aromatic rings. The predicted molar refractivity (Wildman–Crippen MR) is 118 cm³/mol. The highest BCUT2D eigenvalue weighted by molar-refractivity contribution is 5.87. The van der Waals surface area contributed by atoms with Crippen LogP contribution in [0.15, 0.2) is 42.5 Å². The highest BCUT2D eigenvalue weighted by Crippen LogP contribution is 2.19. The minimum atomic E-state index is -0.617. The highest BCUT2D eigenvalue weighted by atomic mass is 16.5. The molecule has 0 aliphatic heterocycles. The zero-order valence-electron chi connectivity index (χ0n) is 18.5. The first-order valence-corrected chi connectivity index (χ1v) is 10.3. The average Bonchev–Trinajstić information content (AvgIpc) is 2.74. The van der Waals surface area contributed by atoms with E-state index in [9.17, 15) is 9.59 Å². The van der Waals surface area contributed by atoms with Crippen LogP contribution in [0.2, 0.25) is 0 Å². The van der Waals surface area contributed by atoms with Gasteiger partial charge in [-0.1, -0.05) is 36.8 Å². The number of hydrogen-bond donors (Lipinski definition) is 1. The van der Waals surface area contributed by atoms with Crippen molar-refractivity contribution in [3.63, 3.8) is 0 Å². The molecule has 0 saturated heterocycles. The first kappa shape index (κ1) is 23.3. The summed E-state index contributed by atoms with van der Waals surface area (Å²) in [6.45, 7) is 8.43. The quantitative estimate of drug-likeness (QED) is 0.647. The molecule has 1 atom stereocenters. The molecule has 0 aliphatic carbocycles. The summed E-state index contributed by atoms with van der Waals surface area (Å²) >= 11 is 0. The molecule has 0 aromatic heterocycles. The summed E-state index contributed by atoms with van der Waals surface area (Å²) in [7, 11) is 1.61. The largest absolute Gasteiger partial charge is 0.497 e. The van der Waals surface area contributed by atoms with Gasteiger partial charge in [0.15, 0.2) is 6.61 Å². The Kier molecular flexibility index (Phi) is 8.71. The van der Waals surface area contributed by atoms with E-state index in [0.717, 1.165) is 28.9 Å². The lowest BCUT2D eigenvalue weighted by Crippen LogP contribution is -2.49. The highest BCUT2D eigenvalue weighted by Gasteiger charge is 2.26. The third-order valence-corrected chi connectivity index (χ3v) is 4.91. The number of aryl methyl sites for hydroxylation is 2. The molecule has 2 amide bonds. The molecule has 0 fully saturated rings. The molecule has 0 radical (unpaired) electrons. The van der Waals surface area contributed by atoms with E-state index < -0.39 is 6.04 Å². The first-order chi connectivity index (χ1) is 14.3. The maximum atomic E-state index is 13.0. The van der Waals surface area contributed by atoms with Crippen LogP contribution in [0.5, 0.6) is 11.5 Å². The van der Waals surface area contributed by atoms with Gasteiger partial charge in [0, 0.05) is 13.1 Å². The van der Waals surface area contributed by atoms with Gasteiger partial charge < -0.3 is 19.7 Å². The summed E-state index contributed by atoms with van der Waals surface area (Å²) in [4.78, 5) is 27.1.